The molecule has 0 unspecified atom stereocenters. The molecule has 2 amide bonds. The molecule has 1 atom stereocenters. The minimum Gasteiger partial charge on any atom is -0.480 e. The van der Waals surface area contributed by atoms with Crippen molar-refractivity contribution in [2.24, 2.45) is 0 Å². The highest BCUT2D eigenvalue weighted by molar-refractivity contribution is 7.99. The summed E-state index contributed by atoms with van der Waals surface area (Å²) in [5, 5.41) is 9.29. The maximum absolute atomic E-state index is 12.2. The first-order chi connectivity index (χ1) is 9.57. The van der Waals surface area contributed by atoms with Gasteiger partial charge in [0, 0.05) is 0 Å². The van der Waals surface area contributed by atoms with Gasteiger partial charge in [-0.05, 0) is 30.1 Å². The lowest BCUT2D eigenvalue weighted by Gasteiger charge is -2.22. The molecule has 0 saturated heterocycles. The van der Waals surface area contributed by atoms with E-state index in [-0.39, 0.29) is 17.5 Å². The van der Waals surface area contributed by atoms with E-state index in [1.165, 1.54) is 0 Å². The van der Waals surface area contributed by atoms with Crippen molar-refractivity contribution in [1.29, 1.82) is 0 Å². The quantitative estimate of drug-likeness (QED) is 0.640. The number of carboxylic acid groups (broad SMARTS) is 1. The van der Waals surface area contributed by atoms with Crippen LogP contribution in [0.5, 0.6) is 0 Å². The molecule has 5 nitrogen and oxygen atoms in total. The average Bonchev–Trinajstić information content (AvgIpc) is 2.68. The second kappa shape index (κ2) is 6.09. The number of fused-ring (bicyclic) bond motifs is 1. The third-order valence-corrected chi connectivity index (χ3v) is 4.09. The lowest BCUT2D eigenvalue weighted by atomic mass is 10.1. The van der Waals surface area contributed by atoms with E-state index < -0.39 is 23.8 Å². The number of carboxylic acids is 1. The second-order valence-corrected chi connectivity index (χ2v) is 5.76. The molecule has 1 aliphatic heterocycles. The minimum atomic E-state index is -1.14. The van der Waals surface area contributed by atoms with Crippen molar-refractivity contribution in [2.45, 2.75) is 19.4 Å². The number of hydrogen-bond acceptors (Lipinski definition) is 4. The van der Waals surface area contributed by atoms with Crippen LogP contribution >= 0.6 is 11.8 Å². The summed E-state index contributed by atoms with van der Waals surface area (Å²) in [6, 6.07) is 5.33. The highest BCUT2D eigenvalue weighted by Crippen LogP contribution is 2.26. The minimum absolute atomic E-state index is 0.263. The van der Waals surface area contributed by atoms with E-state index in [2.05, 4.69) is 0 Å². The summed E-state index contributed by atoms with van der Waals surface area (Å²) < 4.78 is 0. The van der Waals surface area contributed by atoms with Crippen LogP contribution in [0.1, 0.15) is 34.1 Å². The van der Waals surface area contributed by atoms with Crippen molar-refractivity contribution in [3.05, 3.63) is 35.4 Å². The molecule has 0 fully saturated rings. The van der Waals surface area contributed by atoms with Crippen LogP contribution in [-0.2, 0) is 4.79 Å². The van der Waals surface area contributed by atoms with Crippen molar-refractivity contribution < 1.29 is 19.5 Å². The van der Waals surface area contributed by atoms with Crippen molar-refractivity contribution in [1.82, 2.24) is 4.90 Å². The number of thioether (sulfide) groups is 1. The Labute approximate surface area is 121 Å². The van der Waals surface area contributed by atoms with Crippen LogP contribution in [0.4, 0.5) is 0 Å². The molecule has 0 bridgehead atoms. The number of hydrogen-bond donors (Lipinski definition) is 1. The summed E-state index contributed by atoms with van der Waals surface area (Å²) in [5.74, 6) is -0.704. The Morgan fingerprint density at radius 2 is 1.80 bits per heavy atom. The Kier molecular flexibility index (Phi) is 4.44. The topological polar surface area (TPSA) is 74.7 Å². The molecule has 0 saturated carbocycles. The van der Waals surface area contributed by atoms with Crippen LogP contribution in [0, 0.1) is 0 Å². The fourth-order valence-electron chi connectivity index (χ4n) is 2.19. The summed E-state index contributed by atoms with van der Waals surface area (Å²) in [6.07, 6.45) is 0.263. The number of benzene rings is 1. The lowest BCUT2D eigenvalue weighted by molar-refractivity contribution is -0.141. The van der Waals surface area contributed by atoms with Gasteiger partial charge in [0.15, 0.2) is 0 Å². The SMILES string of the molecule is CCSCC[C@@H](C(=O)O)N1C(=O)c2ccccc2C1=O. The van der Waals surface area contributed by atoms with Crippen LogP contribution in [0.25, 0.3) is 0 Å². The van der Waals surface area contributed by atoms with E-state index >= 15 is 0 Å². The maximum Gasteiger partial charge on any atom is 0.326 e. The van der Waals surface area contributed by atoms with Crippen LogP contribution in [0.2, 0.25) is 0 Å². The largest absolute Gasteiger partial charge is 0.480 e. The molecule has 1 aromatic rings. The van der Waals surface area contributed by atoms with Gasteiger partial charge in [-0.1, -0.05) is 19.1 Å². The molecule has 6 heteroatoms. The van der Waals surface area contributed by atoms with E-state index in [1.54, 1.807) is 36.0 Å². The zero-order valence-electron chi connectivity index (χ0n) is 11.0. The zero-order valence-corrected chi connectivity index (χ0v) is 11.9. The predicted molar refractivity (Wildman–Crippen MR) is 76.0 cm³/mol. The van der Waals surface area contributed by atoms with E-state index in [1.807, 2.05) is 6.92 Å². The fraction of sp³-hybridized carbons (Fsp3) is 0.357. The van der Waals surface area contributed by atoms with E-state index in [0.29, 0.717) is 5.75 Å². The number of amides is 2. The normalized spacial score (nSPS) is 15.3. The van der Waals surface area contributed by atoms with Gasteiger partial charge in [0.2, 0.25) is 0 Å². The van der Waals surface area contributed by atoms with E-state index in [4.69, 9.17) is 0 Å². The van der Waals surface area contributed by atoms with Gasteiger partial charge >= 0.3 is 5.97 Å². The molecule has 1 heterocycles. The number of aliphatic carboxylic acids is 1. The Hall–Kier alpha value is -1.82. The Bertz CT molecular complexity index is 523. The lowest BCUT2D eigenvalue weighted by Crippen LogP contribution is -2.45. The van der Waals surface area contributed by atoms with E-state index in [0.717, 1.165) is 10.7 Å². The number of carbonyl (C=O) groups excluding carboxylic acids is 2. The van der Waals surface area contributed by atoms with Crippen LogP contribution < -0.4 is 0 Å². The van der Waals surface area contributed by atoms with Gasteiger partial charge in [-0.15, -0.1) is 0 Å². The van der Waals surface area contributed by atoms with Gasteiger partial charge in [0.1, 0.15) is 6.04 Å². The van der Waals surface area contributed by atoms with Crippen molar-refractivity contribution >= 4 is 29.5 Å². The highest BCUT2D eigenvalue weighted by atomic mass is 32.2. The smallest absolute Gasteiger partial charge is 0.326 e. The third-order valence-electron chi connectivity index (χ3n) is 3.16. The zero-order chi connectivity index (χ0) is 14.7. The first kappa shape index (κ1) is 14.6. The van der Waals surface area contributed by atoms with Crippen LogP contribution in [0.15, 0.2) is 24.3 Å². The molecular weight excluding hydrogens is 278 g/mol. The Morgan fingerprint density at radius 1 is 1.25 bits per heavy atom. The average molecular weight is 293 g/mol. The standard InChI is InChI=1S/C14H15NO4S/c1-2-20-8-7-11(14(18)19)15-12(16)9-5-3-4-6-10(9)13(15)17/h3-6,11H,2,7-8H2,1H3,(H,18,19)/t11-/m0/s1. The Morgan fingerprint density at radius 3 is 2.25 bits per heavy atom. The number of carbonyl (C=O) groups is 3. The molecule has 0 aliphatic carbocycles. The second-order valence-electron chi connectivity index (χ2n) is 4.37. The Balaban J connectivity index is 2.25. The summed E-state index contributed by atoms with van der Waals surface area (Å²) in [5.41, 5.74) is 0.568. The van der Waals surface area contributed by atoms with Gasteiger partial charge in [0.05, 0.1) is 11.1 Å². The summed E-state index contributed by atoms with van der Waals surface area (Å²) in [6.45, 7) is 1.97. The number of nitrogens with zero attached hydrogens (tertiary/aromatic N) is 1. The molecule has 0 radical (unpaired) electrons. The van der Waals surface area contributed by atoms with Crippen molar-refractivity contribution in [3.8, 4) is 0 Å². The molecule has 1 N–H and O–H groups in total. The molecule has 1 aliphatic rings. The van der Waals surface area contributed by atoms with Gasteiger partial charge < -0.3 is 5.11 Å². The summed E-state index contributed by atoms with van der Waals surface area (Å²) in [4.78, 5) is 36.7. The monoisotopic (exact) mass is 293 g/mol. The molecule has 1 aromatic carbocycles. The molecule has 106 valence electrons. The van der Waals surface area contributed by atoms with Crippen molar-refractivity contribution in [3.63, 3.8) is 0 Å². The highest BCUT2D eigenvalue weighted by Gasteiger charge is 2.42. The molecule has 20 heavy (non-hydrogen) atoms. The van der Waals surface area contributed by atoms with Crippen LogP contribution in [-0.4, -0.2) is 45.3 Å². The van der Waals surface area contributed by atoms with Gasteiger partial charge in [0.25, 0.3) is 11.8 Å². The van der Waals surface area contributed by atoms with Crippen molar-refractivity contribution in [2.75, 3.05) is 11.5 Å². The number of imide groups is 1. The number of rotatable bonds is 6. The molecule has 2 rings (SSSR count). The predicted octanol–water partition coefficient (Wildman–Crippen LogP) is 1.88. The molecule has 0 aromatic heterocycles. The summed E-state index contributed by atoms with van der Waals surface area (Å²) >= 11 is 1.59. The summed E-state index contributed by atoms with van der Waals surface area (Å²) in [7, 11) is 0. The van der Waals surface area contributed by atoms with E-state index in [9.17, 15) is 19.5 Å². The third kappa shape index (κ3) is 2.56. The maximum atomic E-state index is 12.2. The fourth-order valence-corrected chi connectivity index (χ4v) is 2.87. The molecule has 0 spiro atoms. The van der Waals surface area contributed by atoms with Gasteiger partial charge in [-0.25, -0.2) is 4.79 Å². The molecular formula is C14H15NO4S. The van der Waals surface area contributed by atoms with Gasteiger partial charge in [-0.2, -0.15) is 11.8 Å². The van der Waals surface area contributed by atoms with Gasteiger partial charge in [-0.3, -0.25) is 14.5 Å². The first-order valence-electron chi connectivity index (χ1n) is 6.35. The first-order valence-corrected chi connectivity index (χ1v) is 7.50. The van der Waals surface area contributed by atoms with Crippen LogP contribution in [0.3, 0.4) is 0 Å².